The maximum absolute atomic E-state index is 5.55. The number of hydrogen-bond donors (Lipinski definition) is 2. The molecule has 0 amide bonds. The molecule has 0 unspecified atom stereocenters. The Morgan fingerprint density at radius 3 is 2.76 bits per heavy atom. The minimum atomic E-state index is 0.559. The van der Waals surface area contributed by atoms with Gasteiger partial charge >= 0.3 is 0 Å². The first-order chi connectivity index (χ1) is 8.19. The van der Waals surface area contributed by atoms with Crippen LogP contribution in [0.2, 0.25) is 0 Å². The van der Waals surface area contributed by atoms with Crippen LogP contribution >= 0.6 is 11.3 Å². The van der Waals surface area contributed by atoms with Gasteiger partial charge < -0.3 is 11.1 Å². The van der Waals surface area contributed by atoms with Crippen LogP contribution in [0.4, 0.5) is 5.13 Å². The number of thiazole rings is 1. The smallest absolute Gasteiger partial charge is 0.183 e. The molecular weight excluding hydrogens is 230 g/mol. The Morgan fingerprint density at radius 2 is 2.12 bits per heavy atom. The Hall–Kier alpha value is -1.39. The second-order valence-corrected chi connectivity index (χ2v) is 5.22. The van der Waals surface area contributed by atoms with Crippen molar-refractivity contribution < 1.29 is 0 Å². The van der Waals surface area contributed by atoms with E-state index in [2.05, 4.69) is 42.3 Å². The number of benzene rings is 1. The van der Waals surface area contributed by atoms with Crippen LogP contribution in [0.15, 0.2) is 24.4 Å². The first-order valence-electron chi connectivity index (χ1n) is 5.64. The van der Waals surface area contributed by atoms with Crippen LogP contribution in [0.1, 0.15) is 21.6 Å². The highest BCUT2D eigenvalue weighted by Gasteiger charge is 2.01. The van der Waals surface area contributed by atoms with Crippen molar-refractivity contribution in [2.24, 2.45) is 5.73 Å². The maximum atomic E-state index is 5.55. The summed E-state index contributed by atoms with van der Waals surface area (Å²) in [6.45, 7) is 5.62. The monoisotopic (exact) mass is 247 g/mol. The molecule has 0 saturated heterocycles. The van der Waals surface area contributed by atoms with Crippen LogP contribution in [0, 0.1) is 13.8 Å². The lowest BCUT2D eigenvalue weighted by molar-refractivity contribution is 1.09. The predicted molar refractivity (Wildman–Crippen MR) is 73.2 cm³/mol. The van der Waals surface area contributed by atoms with Crippen LogP contribution in [0.3, 0.4) is 0 Å². The van der Waals surface area contributed by atoms with E-state index in [0.717, 1.165) is 16.6 Å². The van der Waals surface area contributed by atoms with E-state index in [4.69, 9.17) is 5.73 Å². The van der Waals surface area contributed by atoms with Crippen molar-refractivity contribution in [1.29, 1.82) is 0 Å². The standard InChI is InChI=1S/C13H17N3S/c1-9-3-4-11(5-10(9)2)7-15-13-16-8-12(6-14)17-13/h3-5,8H,6-7,14H2,1-2H3,(H,15,16). The van der Waals surface area contributed by atoms with Crippen molar-refractivity contribution in [2.75, 3.05) is 5.32 Å². The number of aromatic nitrogens is 1. The Kier molecular flexibility index (Phi) is 3.76. The molecular formula is C13H17N3S. The van der Waals surface area contributed by atoms with Gasteiger partial charge in [-0.15, -0.1) is 11.3 Å². The van der Waals surface area contributed by atoms with Gasteiger partial charge in [0.1, 0.15) is 0 Å². The minimum Gasteiger partial charge on any atom is -0.357 e. The topological polar surface area (TPSA) is 50.9 Å². The zero-order valence-electron chi connectivity index (χ0n) is 10.2. The van der Waals surface area contributed by atoms with E-state index < -0.39 is 0 Å². The number of nitrogens with zero attached hydrogens (tertiary/aromatic N) is 1. The van der Waals surface area contributed by atoms with Gasteiger partial charge in [-0.2, -0.15) is 0 Å². The van der Waals surface area contributed by atoms with Gasteiger partial charge in [0.15, 0.2) is 5.13 Å². The molecule has 0 bridgehead atoms. The summed E-state index contributed by atoms with van der Waals surface area (Å²) in [5.74, 6) is 0. The van der Waals surface area contributed by atoms with Crippen molar-refractivity contribution in [2.45, 2.75) is 26.9 Å². The van der Waals surface area contributed by atoms with E-state index in [1.54, 1.807) is 11.3 Å². The van der Waals surface area contributed by atoms with E-state index in [0.29, 0.717) is 6.54 Å². The average molecular weight is 247 g/mol. The Morgan fingerprint density at radius 1 is 1.29 bits per heavy atom. The summed E-state index contributed by atoms with van der Waals surface area (Å²) < 4.78 is 0. The highest BCUT2D eigenvalue weighted by atomic mass is 32.1. The van der Waals surface area contributed by atoms with Gasteiger partial charge in [-0.1, -0.05) is 18.2 Å². The molecule has 0 saturated carbocycles. The highest BCUT2D eigenvalue weighted by Crippen LogP contribution is 2.18. The molecule has 0 spiro atoms. The van der Waals surface area contributed by atoms with Gasteiger partial charge in [-0.25, -0.2) is 4.98 Å². The lowest BCUT2D eigenvalue weighted by atomic mass is 10.1. The van der Waals surface area contributed by atoms with Crippen LogP contribution < -0.4 is 11.1 Å². The highest BCUT2D eigenvalue weighted by molar-refractivity contribution is 7.15. The summed E-state index contributed by atoms with van der Waals surface area (Å²) in [5.41, 5.74) is 9.48. The molecule has 1 aromatic carbocycles. The fourth-order valence-electron chi connectivity index (χ4n) is 1.57. The number of nitrogens with two attached hydrogens (primary N) is 1. The first-order valence-corrected chi connectivity index (χ1v) is 6.45. The van der Waals surface area contributed by atoms with Gasteiger partial charge in [0.2, 0.25) is 0 Å². The fraction of sp³-hybridized carbons (Fsp3) is 0.308. The van der Waals surface area contributed by atoms with Gasteiger partial charge in [-0.05, 0) is 30.5 Å². The summed E-state index contributed by atoms with van der Waals surface area (Å²) in [6, 6.07) is 6.51. The fourth-order valence-corrected chi connectivity index (χ4v) is 2.26. The summed E-state index contributed by atoms with van der Waals surface area (Å²) in [5, 5.41) is 4.25. The van der Waals surface area contributed by atoms with Crippen molar-refractivity contribution >= 4 is 16.5 Å². The molecule has 0 aliphatic heterocycles. The molecule has 0 aliphatic rings. The van der Waals surface area contributed by atoms with Crippen molar-refractivity contribution in [3.05, 3.63) is 46.0 Å². The molecule has 0 aliphatic carbocycles. The van der Waals surface area contributed by atoms with Crippen LogP contribution in [0.25, 0.3) is 0 Å². The van der Waals surface area contributed by atoms with Crippen molar-refractivity contribution in [3.8, 4) is 0 Å². The summed E-state index contributed by atoms with van der Waals surface area (Å²) in [7, 11) is 0. The molecule has 3 nitrogen and oxygen atoms in total. The van der Waals surface area contributed by atoms with Gasteiger partial charge in [0.25, 0.3) is 0 Å². The quantitative estimate of drug-likeness (QED) is 0.873. The molecule has 0 radical (unpaired) electrons. The molecule has 0 atom stereocenters. The minimum absolute atomic E-state index is 0.559. The molecule has 2 rings (SSSR count). The van der Waals surface area contributed by atoms with Crippen LogP contribution in [0.5, 0.6) is 0 Å². The summed E-state index contributed by atoms with van der Waals surface area (Å²) in [4.78, 5) is 5.37. The SMILES string of the molecule is Cc1ccc(CNc2ncc(CN)s2)cc1C. The number of rotatable bonds is 4. The van der Waals surface area contributed by atoms with Crippen molar-refractivity contribution in [3.63, 3.8) is 0 Å². The third-order valence-corrected chi connectivity index (χ3v) is 3.75. The van der Waals surface area contributed by atoms with Crippen molar-refractivity contribution in [1.82, 2.24) is 4.98 Å². The third-order valence-electron chi connectivity index (χ3n) is 2.77. The molecule has 3 N–H and O–H groups in total. The van der Waals surface area contributed by atoms with Gasteiger partial charge in [-0.3, -0.25) is 0 Å². The molecule has 1 aromatic heterocycles. The van der Waals surface area contributed by atoms with Crippen LogP contribution in [-0.4, -0.2) is 4.98 Å². The van der Waals surface area contributed by atoms with E-state index in [9.17, 15) is 0 Å². The predicted octanol–water partition coefficient (Wildman–Crippen LogP) is 2.83. The largest absolute Gasteiger partial charge is 0.357 e. The van der Waals surface area contributed by atoms with Gasteiger partial charge in [0.05, 0.1) is 0 Å². The normalized spacial score (nSPS) is 10.5. The van der Waals surface area contributed by atoms with E-state index in [-0.39, 0.29) is 0 Å². The number of aryl methyl sites for hydroxylation is 2. The molecule has 0 fully saturated rings. The van der Waals surface area contributed by atoms with Gasteiger partial charge in [0, 0.05) is 24.2 Å². The van der Waals surface area contributed by atoms with E-state index in [1.807, 2.05) is 6.20 Å². The molecule has 90 valence electrons. The Labute approximate surface area is 106 Å². The van der Waals surface area contributed by atoms with E-state index in [1.165, 1.54) is 16.7 Å². The molecule has 4 heteroatoms. The summed E-state index contributed by atoms with van der Waals surface area (Å²) >= 11 is 1.61. The molecule has 17 heavy (non-hydrogen) atoms. The Bertz CT molecular complexity index is 505. The maximum Gasteiger partial charge on any atom is 0.183 e. The van der Waals surface area contributed by atoms with Crippen LogP contribution in [-0.2, 0) is 13.1 Å². The van der Waals surface area contributed by atoms with E-state index >= 15 is 0 Å². The third kappa shape index (κ3) is 3.05. The number of nitrogens with one attached hydrogen (secondary N) is 1. The zero-order chi connectivity index (χ0) is 12.3. The molecule has 1 heterocycles. The first kappa shape index (κ1) is 12.1. The zero-order valence-corrected chi connectivity index (χ0v) is 11.0. The summed E-state index contributed by atoms with van der Waals surface area (Å²) in [6.07, 6.45) is 1.83. The second-order valence-electron chi connectivity index (χ2n) is 4.11. The lowest BCUT2D eigenvalue weighted by Gasteiger charge is -2.06. The lowest BCUT2D eigenvalue weighted by Crippen LogP contribution is -1.99. The number of hydrogen-bond acceptors (Lipinski definition) is 4. The number of anilines is 1. The second kappa shape index (κ2) is 5.29. The Balaban J connectivity index is 1.99. The average Bonchev–Trinajstić information content (AvgIpc) is 2.79. The molecule has 2 aromatic rings.